The van der Waals surface area contributed by atoms with Gasteiger partial charge in [0.15, 0.2) is 5.78 Å². The Morgan fingerprint density at radius 2 is 1.95 bits per heavy atom. The van der Waals surface area contributed by atoms with Gasteiger partial charge in [-0.05, 0) is 58.4 Å². The molecular weight excluding hydrogens is 321 g/mol. The highest BCUT2D eigenvalue weighted by Gasteiger charge is 2.13. The number of fused-ring (bicyclic) bond motifs is 1. The van der Waals surface area contributed by atoms with Gasteiger partial charge in [-0.1, -0.05) is 6.07 Å². The van der Waals surface area contributed by atoms with E-state index in [0.717, 1.165) is 10.9 Å². The van der Waals surface area contributed by atoms with Gasteiger partial charge in [0.25, 0.3) is 0 Å². The topological polar surface area (TPSA) is 30.0 Å². The highest BCUT2D eigenvalue weighted by molar-refractivity contribution is 9.10. The fourth-order valence-electron chi connectivity index (χ4n) is 2.05. The lowest BCUT2D eigenvalue weighted by molar-refractivity contribution is 0.103. The second kappa shape index (κ2) is 5.13. The molecule has 0 amide bonds. The van der Waals surface area contributed by atoms with Crippen LogP contribution in [0.15, 0.2) is 59.2 Å². The molecule has 0 aliphatic carbocycles. The summed E-state index contributed by atoms with van der Waals surface area (Å²) in [4.78, 5) is 16.7. The molecule has 20 heavy (non-hydrogen) atoms. The summed E-state index contributed by atoms with van der Waals surface area (Å²) in [7, 11) is 0. The summed E-state index contributed by atoms with van der Waals surface area (Å²) >= 11 is 3.22. The Hall–Kier alpha value is -2.07. The third-order valence-corrected chi connectivity index (χ3v) is 3.70. The van der Waals surface area contributed by atoms with Crippen LogP contribution < -0.4 is 0 Å². The molecule has 0 unspecified atom stereocenters. The van der Waals surface area contributed by atoms with Crippen molar-refractivity contribution in [2.75, 3.05) is 0 Å². The van der Waals surface area contributed by atoms with Gasteiger partial charge in [-0.25, -0.2) is 4.39 Å². The number of ketones is 1. The van der Waals surface area contributed by atoms with Crippen LogP contribution >= 0.6 is 15.9 Å². The maximum absolute atomic E-state index is 13.1. The summed E-state index contributed by atoms with van der Waals surface area (Å²) in [5.41, 5.74) is 1.83. The van der Waals surface area contributed by atoms with Gasteiger partial charge in [0.05, 0.1) is 5.52 Å². The number of halogens is 2. The van der Waals surface area contributed by atoms with Crippen LogP contribution in [0.3, 0.4) is 0 Å². The van der Waals surface area contributed by atoms with E-state index in [2.05, 4.69) is 20.9 Å². The Kier molecular flexibility index (Phi) is 3.32. The predicted octanol–water partition coefficient (Wildman–Crippen LogP) is 4.37. The van der Waals surface area contributed by atoms with E-state index in [9.17, 15) is 9.18 Å². The van der Waals surface area contributed by atoms with E-state index in [-0.39, 0.29) is 11.6 Å². The molecule has 98 valence electrons. The molecule has 0 aliphatic heterocycles. The Bertz CT molecular complexity index is 816. The molecule has 0 bridgehead atoms. The van der Waals surface area contributed by atoms with E-state index in [4.69, 9.17) is 0 Å². The zero-order valence-corrected chi connectivity index (χ0v) is 11.9. The van der Waals surface area contributed by atoms with Gasteiger partial charge < -0.3 is 0 Å². The first-order valence-electron chi connectivity index (χ1n) is 6.00. The van der Waals surface area contributed by atoms with Gasteiger partial charge in [0.1, 0.15) is 5.82 Å². The zero-order valence-electron chi connectivity index (χ0n) is 10.3. The van der Waals surface area contributed by atoms with Gasteiger partial charge in [-0.3, -0.25) is 9.78 Å². The molecule has 2 aromatic carbocycles. The van der Waals surface area contributed by atoms with Crippen LogP contribution in [0.5, 0.6) is 0 Å². The number of hydrogen-bond donors (Lipinski definition) is 0. The van der Waals surface area contributed by atoms with Crippen molar-refractivity contribution in [3.05, 3.63) is 76.1 Å². The van der Waals surface area contributed by atoms with Crippen LogP contribution in [-0.2, 0) is 0 Å². The van der Waals surface area contributed by atoms with Crippen LogP contribution in [0.2, 0.25) is 0 Å². The molecule has 0 spiro atoms. The van der Waals surface area contributed by atoms with Crippen molar-refractivity contribution in [2.45, 2.75) is 0 Å². The molecule has 0 atom stereocenters. The van der Waals surface area contributed by atoms with Crippen LogP contribution in [0.25, 0.3) is 10.9 Å². The summed E-state index contributed by atoms with van der Waals surface area (Å²) in [6, 6.07) is 13.1. The number of benzene rings is 2. The number of carbonyl (C=O) groups is 1. The van der Waals surface area contributed by atoms with Gasteiger partial charge >= 0.3 is 0 Å². The standard InChI is InChI=1S/C16H9BrFNO/c17-14-9-12(18)4-5-13(14)16(20)11-3-6-15-10(8-11)2-1-7-19-15/h1-9H. The first-order chi connectivity index (χ1) is 9.65. The molecule has 0 N–H and O–H groups in total. The van der Waals surface area contributed by atoms with Crippen LogP contribution in [0.4, 0.5) is 4.39 Å². The van der Waals surface area contributed by atoms with Crippen molar-refractivity contribution in [2.24, 2.45) is 0 Å². The van der Waals surface area contributed by atoms with E-state index in [1.165, 1.54) is 18.2 Å². The van der Waals surface area contributed by atoms with Crippen LogP contribution in [0, 0.1) is 5.82 Å². The van der Waals surface area contributed by atoms with E-state index in [0.29, 0.717) is 15.6 Å². The molecule has 3 rings (SSSR count). The second-order valence-corrected chi connectivity index (χ2v) is 5.22. The average molecular weight is 330 g/mol. The zero-order chi connectivity index (χ0) is 14.1. The Balaban J connectivity index is 2.08. The Morgan fingerprint density at radius 3 is 2.75 bits per heavy atom. The summed E-state index contributed by atoms with van der Waals surface area (Å²) < 4.78 is 13.5. The van der Waals surface area contributed by atoms with Crippen molar-refractivity contribution >= 4 is 32.6 Å². The maximum Gasteiger partial charge on any atom is 0.194 e. The molecule has 0 fully saturated rings. The minimum atomic E-state index is -0.379. The van der Waals surface area contributed by atoms with Crippen LogP contribution in [-0.4, -0.2) is 10.8 Å². The highest BCUT2D eigenvalue weighted by Crippen LogP contribution is 2.23. The number of pyridine rings is 1. The molecular formula is C16H9BrFNO. The molecule has 1 aromatic heterocycles. The maximum atomic E-state index is 13.1. The summed E-state index contributed by atoms with van der Waals surface area (Å²) in [5, 5.41) is 0.900. The van der Waals surface area contributed by atoms with Crippen molar-refractivity contribution in [3.63, 3.8) is 0 Å². The first-order valence-corrected chi connectivity index (χ1v) is 6.79. The Morgan fingerprint density at radius 1 is 1.10 bits per heavy atom. The normalized spacial score (nSPS) is 10.7. The minimum absolute atomic E-state index is 0.150. The van der Waals surface area contributed by atoms with Gasteiger partial charge in [0, 0.05) is 27.2 Å². The van der Waals surface area contributed by atoms with Gasteiger partial charge in [-0.15, -0.1) is 0 Å². The number of carbonyl (C=O) groups excluding carboxylic acids is 1. The lowest BCUT2D eigenvalue weighted by Gasteiger charge is -2.05. The molecule has 0 saturated carbocycles. The van der Waals surface area contributed by atoms with E-state index >= 15 is 0 Å². The molecule has 4 heteroatoms. The third kappa shape index (κ3) is 2.34. The predicted molar refractivity (Wildman–Crippen MR) is 79.3 cm³/mol. The smallest absolute Gasteiger partial charge is 0.194 e. The second-order valence-electron chi connectivity index (χ2n) is 4.36. The monoisotopic (exact) mass is 329 g/mol. The molecule has 3 aromatic rings. The van der Waals surface area contributed by atoms with Gasteiger partial charge in [0.2, 0.25) is 0 Å². The minimum Gasteiger partial charge on any atom is -0.289 e. The quantitative estimate of drug-likeness (QED) is 0.653. The largest absolute Gasteiger partial charge is 0.289 e. The molecule has 1 heterocycles. The molecule has 0 aliphatic rings. The lowest BCUT2D eigenvalue weighted by Crippen LogP contribution is -2.02. The Labute approximate surface area is 123 Å². The van der Waals surface area contributed by atoms with Crippen molar-refractivity contribution in [1.82, 2.24) is 4.98 Å². The lowest BCUT2D eigenvalue weighted by atomic mass is 10.0. The fourth-order valence-corrected chi connectivity index (χ4v) is 2.58. The average Bonchev–Trinajstić information content (AvgIpc) is 2.46. The fraction of sp³-hybridized carbons (Fsp3) is 0. The number of rotatable bonds is 2. The summed E-state index contributed by atoms with van der Waals surface area (Å²) in [6.07, 6.45) is 1.71. The van der Waals surface area contributed by atoms with Crippen molar-refractivity contribution < 1.29 is 9.18 Å². The highest BCUT2D eigenvalue weighted by atomic mass is 79.9. The third-order valence-electron chi connectivity index (χ3n) is 3.04. The van der Waals surface area contributed by atoms with Crippen molar-refractivity contribution in [3.8, 4) is 0 Å². The van der Waals surface area contributed by atoms with E-state index in [1.54, 1.807) is 24.4 Å². The number of nitrogens with zero attached hydrogens (tertiary/aromatic N) is 1. The van der Waals surface area contributed by atoms with E-state index < -0.39 is 0 Å². The molecule has 0 saturated heterocycles. The van der Waals surface area contributed by atoms with E-state index in [1.807, 2.05) is 12.1 Å². The summed E-state index contributed by atoms with van der Waals surface area (Å²) in [5.74, 6) is -0.529. The van der Waals surface area contributed by atoms with Crippen LogP contribution in [0.1, 0.15) is 15.9 Å². The molecule has 0 radical (unpaired) electrons. The summed E-state index contributed by atoms with van der Waals surface area (Å²) in [6.45, 7) is 0. The van der Waals surface area contributed by atoms with Crippen molar-refractivity contribution in [1.29, 1.82) is 0 Å². The first kappa shape index (κ1) is 12.9. The van der Waals surface area contributed by atoms with Gasteiger partial charge in [-0.2, -0.15) is 0 Å². The molecule has 2 nitrogen and oxygen atoms in total. The number of aromatic nitrogens is 1. The SMILES string of the molecule is O=C(c1ccc2ncccc2c1)c1ccc(F)cc1Br. The number of hydrogen-bond acceptors (Lipinski definition) is 2.